The number of carbonyl (C=O) groups is 1. The smallest absolute Gasteiger partial charge is 0.223 e. The summed E-state index contributed by atoms with van der Waals surface area (Å²) in [6, 6.07) is 0.906. The molecule has 2 aliphatic heterocycles. The third-order valence-corrected chi connectivity index (χ3v) is 4.71. The molecule has 0 bridgehead atoms. The van der Waals surface area contributed by atoms with Gasteiger partial charge in [0.05, 0.1) is 0 Å². The van der Waals surface area contributed by atoms with Crippen LogP contribution in [0.4, 0.5) is 0 Å². The lowest BCUT2D eigenvalue weighted by molar-refractivity contribution is -0.137. The molecule has 2 heterocycles. The third-order valence-electron chi connectivity index (χ3n) is 4.71. The van der Waals surface area contributed by atoms with E-state index in [4.69, 9.17) is 0 Å². The van der Waals surface area contributed by atoms with Crippen molar-refractivity contribution in [2.45, 2.75) is 70.9 Å². The van der Waals surface area contributed by atoms with Crippen molar-refractivity contribution >= 4 is 5.91 Å². The van der Waals surface area contributed by atoms with Crippen LogP contribution in [0.25, 0.3) is 0 Å². The van der Waals surface area contributed by atoms with Crippen LogP contribution in [0.15, 0.2) is 0 Å². The zero-order valence-corrected chi connectivity index (χ0v) is 12.0. The van der Waals surface area contributed by atoms with Gasteiger partial charge in [-0.1, -0.05) is 0 Å². The van der Waals surface area contributed by atoms with Gasteiger partial charge < -0.3 is 10.2 Å². The molecule has 0 spiro atoms. The van der Waals surface area contributed by atoms with Gasteiger partial charge in [0.25, 0.3) is 0 Å². The molecule has 0 aromatic carbocycles. The lowest BCUT2D eigenvalue weighted by Gasteiger charge is -2.39. The highest BCUT2D eigenvalue weighted by atomic mass is 16.2. The van der Waals surface area contributed by atoms with Crippen LogP contribution in [0.5, 0.6) is 0 Å². The summed E-state index contributed by atoms with van der Waals surface area (Å²) >= 11 is 0. The maximum atomic E-state index is 12.4. The fraction of sp³-hybridized carbons (Fsp3) is 0.933. The van der Waals surface area contributed by atoms with Crippen molar-refractivity contribution in [3.8, 4) is 0 Å². The zero-order chi connectivity index (χ0) is 13.0. The Labute approximate surface area is 111 Å². The van der Waals surface area contributed by atoms with E-state index in [1.165, 1.54) is 32.1 Å². The van der Waals surface area contributed by atoms with Gasteiger partial charge in [0.15, 0.2) is 0 Å². The van der Waals surface area contributed by atoms with Crippen molar-refractivity contribution in [3.05, 3.63) is 0 Å². The van der Waals surface area contributed by atoms with Crippen molar-refractivity contribution in [2.75, 3.05) is 13.1 Å². The van der Waals surface area contributed by atoms with E-state index in [0.29, 0.717) is 18.0 Å². The minimum absolute atomic E-state index is 0.397. The Bertz CT molecular complexity index is 264. The van der Waals surface area contributed by atoms with Gasteiger partial charge in [-0.15, -0.1) is 0 Å². The molecule has 0 radical (unpaired) electrons. The van der Waals surface area contributed by atoms with Gasteiger partial charge in [0.1, 0.15) is 0 Å². The number of nitrogens with zero attached hydrogens (tertiary/aromatic N) is 1. The quantitative estimate of drug-likeness (QED) is 0.837. The molecular weight excluding hydrogens is 224 g/mol. The SMILES string of the molecule is C[C@@H]1CCC[C@H](C)N1C(=O)CCC1CCNCC1. The number of rotatable bonds is 3. The van der Waals surface area contributed by atoms with E-state index in [0.717, 1.165) is 31.8 Å². The Morgan fingerprint density at radius 2 is 1.72 bits per heavy atom. The Morgan fingerprint density at radius 1 is 1.11 bits per heavy atom. The number of likely N-dealkylation sites (tertiary alicyclic amines) is 1. The predicted molar refractivity (Wildman–Crippen MR) is 74.4 cm³/mol. The van der Waals surface area contributed by atoms with Gasteiger partial charge in [-0.05, 0) is 71.4 Å². The molecular formula is C15H28N2O. The van der Waals surface area contributed by atoms with Gasteiger partial charge in [-0.25, -0.2) is 0 Å². The second kappa shape index (κ2) is 6.55. The molecule has 0 aromatic heterocycles. The molecule has 0 unspecified atom stereocenters. The van der Waals surface area contributed by atoms with Crippen molar-refractivity contribution in [1.82, 2.24) is 10.2 Å². The Kier molecular flexibility index (Phi) is 5.04. The van der Waals surface area contributed by atoms with Gasteiger partial charge in [0, 0.05) is 18.5 Å². The number of piperidine rings is 2. The van der Waals surface area contributed by atoms with Gasteiger partial charge in [-0.2, -0.15) is 0 Å². The molecule has 1 amide bonds. The number of nitrogens with one attached hydrogen (secondary N) is 1. The first-order chi connectivity index (χ1) is 8.68. The summed E-state index contributed by atoms with van der Waals surface area (Å²) < 4.78 is 0. The Hall–Kier alpha value is -0.570. The average molecular weight is 252 g/mol. The summed E-state index contributed by atoms with van der Waals surface area (Å²) in [5.74, 6) is 1.17. The summed E-state index contributed by atoms with van der Waals surface area (Å²) in [4.78, 5) is 14.5. The van der Waals surface area contributed by atoms with E-state index in [-0.39, 0.29) is 0 Å². The van der Waals surface area contributed by atoms with Crippen LogP contribution in [0.1, 0.15) is 58.8 Å². The summed E-state index contributed by atoms with van der Waals surface area (Å²) in [5.41, 5.74) is 0. The molecule has 2 fully saturated rings. The molecule has 3 heteroatoms. The monoisotopic (exact) mass is 252 g/mol. The molecule has 2 atom stereocenters. The number of carbonyl (C=O) groups excluding carboxylic acids is 1. The fourth-order valence-corrected chi connectivity index (χ4v) is 3.54. The van der Waals surface area contributed by atoms with E-state index >= 15 is 0 Å². The normalized spacial score (nSPS) is 30.4. The largest absolute Gasteiger partial charge is 0.337 e. The first-order valence-electron chi connectivity index (χ1n) is 7.70. The molecule has 3 nitrogen and oxygen atoms in total. The summed E-state index contributed by atoms with van der Waals surface area (Å²) in [7, 11) is 0. The maximum Gasteiger partial charge on any atom is 0.223 e. The third kappa shape index (κ3) is 3.47. The first-order valence-corrected chi connectivity index (χ1v) is 7.70. The van der Waals surface area contributed by atoms with Crippen molar-refractivity contribution < 1.29 is 4.79 Å². The highest BCUT2D eigenvalue weighted by molar-refractivity contribution is 5.77. The van der Waals surface area contributed by atoms with Crippen molar-refractivity contribution in [1.29, 1.82) is 0 Å². The van der Waals surface area contributed by atoms with Gasteiger partial charge in [-0.3, -0.25) is 4.79 Å². The van der Waals surface area contributed by atoms with Crippen molar-refractivity contribution in [2.24, 2.45) is 5.92 Å². The Balaban J connectivity index is 1.79. The van der Waals surface area contributed by atoms with E-state index < -0.39 is 0 Å². The van der Waals surface area contributed by atoms with Gasteiger partial charge in [0.2, 0.25) is 5.91 Å². The molecule has 104 valence electrons. The van der Waals surface area contributed by atoms with E-state index in [2.05, 4.69) is 24.1 Å². The van der Waals surface area contributed by atoms with Crippen LogP contribution in [0, 0.1) is 5.92 Å². The minimum atomic E-state index is 0.397. The molecule has 2 saturated heterocycles. The molecule has 2 aliphatic rings. The molecule has 0 saturated carbocycles. The maximum absolute atomic E-state index is 12.4. The molecule has 0 aliphatic carbocycles. The van der Waals surface area contributed by atoms with E-state index in [1.54, 1.807) is 0 Å². The molecule has 1 N–H and O–H groups in total. The molecule has 18 heavy (non-hydrogen) atoms. The van der Waals surface area contributed by atoms with E-state index in [9.17, 15) is 4.79 Å². The van der Waals surface area contributed by atoms with Gasteiger partial charge >= 0.3 is 0 Å². The predicted octanol–water partition coefficient (Wildman–Crippen LogP) is 2.56. The Morgan fingerprint density at radius 3 is 2.33 bits per heavy atom. The van der Waals surface area contributed by atoms with Crippen LogP contribution < -0.4 is 5.32 Å². The fourth-order valence-electron chi connectivity index (χ4n) is 3.54. The second-order valence-electron chi connectivity index (χ2n) is 6.16. The van der Waals surface area contributed by atoms with E-state index in [1.807, 2.05) is 0 Å². The lowest BCUT2D eigenvalue weighted by atomic mass is 9.91. The summed E-state index contributed by atoms with van der Waals surface area (Å²) in [6.07, 6.45) is 8.00. The second-order valence-corrected chi connectivity index (χ2v) is 6.16. The summed E-state index contributed by atoms with van der Waals surface area (Å²) in [6.45, 7) is 6.68. The molecule has 0 aromatic rings. The highest BCUT2D eigenvalue weighted by Crippen LogP contribution is 2.25. The number of hydrogen-bond donors (Lipinski definition) is 1. The van der Waals surface area contributed by atoms with Crippen LogP contribution in [-0.4, -0.2) is 36.0 Å². The average Bonchev–Trinajstić information content (AvgIpc) is 2.37. The van der Waals surface area contributed by atoms with Crippen LogP contribution >= 0.6 is 0 Å². The zero-order valence-electron chi connectivity index (χ0n) is 12.0. The summed E-state index contributed by atoms with van der Waals surface area (Å²) in [5, 5.41) is 3.38. The number of amides is 1. The highest BCUT2D eigenvalue weighted by Gasteiger charge is 2.28. The van der Waals surface area contributed by atoms with Crippen LogP contribution in [0.2, 0.25) is 0 Å². The molecule has 2 rings (SSSR count). The first kappa shape index (κ1) is 13.9. The topological polar surface area (TPSA) is 32.3 Å². The minimum Gasteiger partial charge on any atom is -0.337 e. The van der Waals surface area contributed by atoms with Crippen LogP contribution in [0.3, 0.4) is 0 Å². The standard InChI is InChI=1S/C15H28N2O/c1-12-4-3-5-13(2)17(12)15(18)7-6-14-8-10-16-11-9-14/h12-14,16H,3-11H2,1-2H3/t12-,13+. The van der Waals surface area contributed by atoms with Crippen molar-refractivity contribution in [3.63, 3.8) is 0 Å². The number of hydrogen-bond acceptors (Lipinski definition) is 2. The van der Waals surface area contributed by atoms with Crippen LogP contribution in [-0.2, 0) is 4.79 Å². The lowest BCUT2D eigenvalue weighted by Crippen LogP contribution is -2.47.